The lowest BCUT2D eigenvalue weighted by Gasteiger charge is -2.16. The quantitative estimate of drug-likeness (QED) is 0.424. The summed E-state index contributed by atoms with van der Waals surface area (Å²) in [6.45, 7) is 1.79. The summed E-state index contributed by atoms with van der Waals surface area (Å²) in [6.07, 6.45) is 4.68. The highest BCUT2D eigenvalue weighted by atomic mass is 79.9. The maximum absolute atomic E-state index is 12.7. The van der Waals surface area contributed by atoms with Gasteiger partial charge in [-0.25, -0.2) is 10.5 Å². The largest absolute Gasteiger partial charge is 0.391 e. The molecule has 0 bridgehead atoms. The predicted octanol–water partition coefficient (Wildman–Crippen LogP) is 4.58. The second-order valence-electron chi connectivity index (χ2n) is 5.94. The zero-order valence-corrected chi connectivity index (χ0v) is 17.8. The molecule has 3 aromatic rings. The number of imidazole rings is 1. The number of hydrogen-bond donors (Lipinski definition) is 3. The van der Waals surface area contributed by atoms with Gasteiger partial charge in [0.2, 0.25) is 0 Å². The van der Waals surface area contributed by atoms with Crippen LogP contribution in [0, 0.1) is 0 Å². The fraction of sp³-hybridized carbons (Fsp3) is 0.222. The summed E-state index contributed by atoms with van der Waals surface area (Å²) in [5, 5.41) is 13.4. The number of aliphatic hydroxyl groups is 1. The molecule has 3 N–H and O–H groups in total. The minimum Gasteiger partial charge on any atom is -0.391 e. The van der Waals surface area contributed by atoms with E-state index in [1.54, 1.807) is 35.1 Å². The van der Waals surface area contributed by atoms with E-state index in [4.69, 9.17) is 28.0 Å². The van der Waals surface area contributed by atoms with E-state index in [0.29, 0.717) is 28.5 Å². The van der Waals surface area contributed by atoms with Crippen LogP contribution in [0.1, 0.15) is 23.7 Å². The standard InChI is InChI=1S/C18H17BrCl2N4O3/c1-2-11(26)9-28-24-18(27)12-8-25-6-5-22-17(25)15(21)16(12)23-14-4-3-10(19)7-13(14)20/h3-8,11,23,26H,2,9H2,1H3,(H,24,27)/t11-/m1/s1. The molecule has 3 rings (SSSR count). The third kappa shape index (κ3) is 4.59. The number of halogens is 3. The molecule has 0 saturated carbocycles. The number of carbonyl (C=O) groups is 1. The van der Waals surface area contributed by atoms with Gasteiger partial charge >= 0.3 is 0 Å². The van der Waals surface area contributed by atoms with Crippen LogP contribution in [0.4, 0.5) is 11.4 Å². The first-order valence-electron chi connectivity index (χ1n) is 8.38. The number of carbonyl (C=O) groups excluding carboxylic acids is 1. The maximum atomic E-state index is 12.7. The number of nitrogens with zero attached hydrogens (tertiary/aromatic N) is 2. The molecule has 7 nitrogen and oxygen atoms in total. The molecule has 0 saturated heterocycles. The predicted molar refractivity (Wildman–Crippen MR) is 112 cm³/mol. The number of hydrogen-bond acceptors (Lipinski definition) is 5. The molecule has 0 radical (unpaired) electrons. The second kappa shape index (κ2) is 9.11. The number of aliphatic hydroxyl groups excluding tert-OH is 1. The summed E-state index contributed by atoms with van der Waals surface area (Å²) in [7, 11) is 0. The average molecular weight is 488 g/mol. The Morgan fingerprint density at radius 3 is 2.93 bits per heavy atom. The monoisotopic (exact) mass is 486 g/mol. The van der Waals surface area contributed by atoms with Crippen molar-refractivity contribution in [3.05, 3.63) is 56.9 Å². The Kier molecular flexibility index (Phi) is 6.79. The highest BCUT2D eigenvalue weighted by Gasteiger charge is 2.20. The number of anilines is 2. The van der Waals surface area contributed by atoms with Gasteiger partial charge < -0.3 is 14.8 Å². The van der Waals surface area contributed by atoms with Crippen molar-refractivity contribution in [3.63, 3.8) is 0 Å². The van der Waals surface area contributed by atoms with E-state index in [1.807, 2.05) is 13.0 Å². The summed E-state index contributed by atoms with van der Waals surface area (Å²) in [4.78, 5) is 22.0. The van der Waals surface area contributed by atoms with Crippen LogP contribution in [-0.4, -0.2) is 33.1 Å². The molecule has 1 amide bonds. The van der Waals surface area contributed by atoms with Crippen molar-refractivity contribution < 1.29 is 14.7 Å². The molecule has 28 heavy (non-hydrogen) atoms. The van der Waals surface area contributed by atoms with Gasteiger partial charge in [-0.15, -0.1) is 0 Å². The first-order chi connectivity index (χ1) is 13.4. The Balaban J connectivity index is 1.96. The van der Waals surface area contributed by atoms with Gasteiger partial charge in [-0.3, -0.25) is 9.63 Å². The zero-order chi connectivity index (χ0) is 20.3. The van der Waals surface area contributed by atoms with E-state index in [9.17, 15) is 9.90 Å². The van der Waals surface area contributed by atoms with Crippen LogP contribution in [0.2, 0.25) is 10.0 Å². The molecule has 0 spiro atoms. The number of pyridine rings is 1. The van der Waals surface area contributed by atoms with E-state index >= 15 is 0 Å². The summed E-state index contributed by atoms with van der Waals surface area (Å²) >= 11 is 16.2. The van der Waals surface area contributed by atoms with Crippen molar-refractivity contribution in [1.29, 1.82) is 0 Å². The Morgan fingerprint density at radius 2 is 2.21 bits per heavy atom. The summed E-state index contributed by atoms with van der Waals surface area (Å²) in [5.41, 5.74) is 3.94. The molecule has 2 heterocycles. The van der Waals surface area contributed by atoms with Gasteiger partial charge in [0.05, 0.1) is 28.1 Å². The topological polar surface area (TPSA) is 87.9 Å². The van der Waals surface area contributed by atoms with Gasteiger partial charge in [0.1, 0.15) is 11.6 Å². The summed E-state index contributed by atoms with van der Waals surface area (Å²) < 4.78 is 2.45. The SMILES string of the molecule is CC[C@@H](O)CONC(=O)c1cn2ccnc2c(Cl)c1Nc1ccc(Br)cc1Cl. The number of nitrogens with one attached hydrogen (secondary N) is 2. The minimum absolute atomic E-state index is 0.0232. The summed E-state index contributed by atoms with van der Waals surface area (Å²) in [6, 6.07) is 5.29. The molecular formula is C18H17BrCl2N4O3. The van der Waals surface area contributed by atoms with Gasteiger partial charge in [0.15, 0.2) is 5.65 Å². The van der Waals surface area contributed by atoms with Crippen LogP contribution < -0.4 is 10.8 Å². The summed E-state index contributed by atoms with van der Waals surface area (Å²) in [5.74, 6) is -0.531. The van der Waals surface area contributed by atoms with Crippen LogP contribution in [0.5, 0.6) is 0 Å². The fourth-order valence-electron chi connectivity index (χ4n) is 2.42. The molecule has 1 aromatic carbocycles. The van der Waals surface area contributed by atoms with Gasteiger partial charge in [0, 0.05) is 23.1 Å². The number of benzene rings is 1. The molecule has 148 valence electrons. The zero-order valence-electron chi connectivity index (χ0n) is 14.7. The highest BCUT2D eigenvalue weighted by molar-refractivity contribution is 9.10. The Bertz CT molecular complexity index is 1010. The van der Waals surface area contributed by atoms with E-state index < -0.39 is 12.0 Å². The lowest BCUT2D eigenvalue weighted by atomic mass is 10.2. The van der Waals surface area contributed by atoms with Crippen molar-refractivity contribution >= 4 is 62.1 Å². The van der Waals surface area contributed by atoms with Gasteiger partial charge in [-0.1, -0.05) is 46.1 Å². The number of rotatable bonds is 7. The minimum atomic E-state index is -0.667. The first-order valence-corrected chi connectivity index (χ1v) is 9.93. The van der Waals surface area contributed by atoms with Crippen molar-refractivity contribution in [2.45, 2.75) is 19.4 Å². The average Bonchev–Trinajstić information content (AvgIpc) is 3.14. The second-order valence-corrected chi connectivity index (χ2v) is 7.64. The van der Waals surface area contributed by atoms with Crippen LogP contribution in [0.25, 0.3) is 5.65 Å². The van der Waals surface area contributed by atoms with Crippen LogP contribution >= 0.6 is 39.1 Å². The Labute approximate surface area is 179 Å². The fourth-order valence-corrected chi connectivity index (χ4v) is 3.43. The molecule has 0 unspecified atom stereocenters. The van der Waals surface area contributed by atoms with Crippen LogP contribution in [-0.2, 0) is 4.84 Å². The van der Waals surface area contributed by atoms with Crippen molar-refractivity contribution in [2.75, 3.05) is 11.9 Å². The molecule has 0 aliphatic carbocycles. The molecule has 0 aliphatic rings. The third-order valence-electron chi connectivity index (χ3n) is 3.97. The van der Waals surface area contributed by atoms with Gasteiger partial charge in [-0.2, -0.15) is 0 Å². The first kappa shape index (κ1) is 20.9. The van der Waals surface area contributed by atoms with Gasteiger partial charge in [-0.05, 0) is 24.6 Å². The number of fused-ring (bicyclic) bond motifs is 1. The maximum Gasteiger partial charge on any atom is 0.278 e. The third-order valence-corrected chi connectivity index (χ3v) is 5.13. The molecule has 0 fully saturated rings. The van der Waals surface area contributed by atoms with Crippen molar-refractivity contribution in [2.24, 2.45) is 0 Å². The lowest BCUT2D eigenvalue weighted by Crippen LogP contribution is -2.29. The van der Waals surface area contributed by atoms with E-state index in [2.05, 4.69) is 31.7 Å². The smallest absolute Gasteiger partial charge is 0.278 e. The van der Waals surface area contributed by atoms with Crippen LogP contribution in [0.3, 0.4) is 0 Å². The molecule has 10 heteroatoms. The van der Waals surface area contributed by atoms with Crippen molar-refractivity contribution in [1.82, 2.24) is 14.9 Å². The number of amides is 1. The molecule has 1 atom stereocenters. The van der Waals surface area contributed by atoms with E-state index in [-0.39, 0.29) is 17.2 Å². The normalized spacial score (nSPS) is 12.2. The number of aromatic nitrogens is 2. The van der Waals surface area contributed by atoms with Gasteiger partial charge in [0.25, 0.3) is 5.91 Å². The van der Waals surface area contributed by atoms with E-state index in [1.165, 1.54) is 0 Å². The Morgan fingerprint density at radius 1 is 1.43 bits per heavy atom. The number of hydroxylamine groups is 1. The Hall–Kier alpha value is -1.84. The van der Waals surface area contributed by atoms with Crippen molar-refractivity contribution in [3.8, 4) is 0 Å². The molecular weight excluding hydrogens is 471 g/mol. The van der Waals surface area contributed by atoms with E-state index in [0.717, 1.165) is 4.47 Å². The van der Waals surface area contributed by atoms with Crippen LogP contribution in [0.15, 0.2) is 41.3 Å². The molecule has 0 aliphatic heterocycles. The lowest BCUT2D eigenvalue weighted by molar-refractivity contribution is -0.0133. The highest BCUT2D eigenvalue weighted by Crippen LogP contribution is 2.35. The molecule has 2 aromatic heterocycles.